The molecule has 2 heterocycles. The zero-order valence-corrected chi connectivity index (χ0v) is 13.9. The predicted octanol–water partition coefficient (Wildman–Crippen LogP) is 2.44. The maximum absolute atomic E-state index is 4.69. The Morgan fingerprint density at radius 2 is 2.40 bits per heavy atom. The van der Waals surface area contributed by atoms with Gasteiger partial charge in [-0.3, -0.25) is 4.99 Å². The molecule has 0 aliphatic carbocycles. The summed E-state index contributed by atoms with van der Waals surface area (Å²) in [5.41, 5.74) is 1.17. The van der Waals surface area contributed by atoms with Crippen LogP contribution in [0.5, 0.6) is 0 Å². The summed E-state index contributed by atoms with van der Waals surface area (Å²) in [5.74, 6) is 2.24. The Kier molecular flexibility index (Phi) is 6.66. The van der Waals surface area contributed by atoms with Crippen molar-refractivity contribution in [3.05, 3.63) is 16.1 Å². The standard InChI is InChI=1S/C14H24N4S2/c1-3-15-14(17-9-13-5-4-8-19-13)16-7-6-12-10-20-11(2)18-12/h10,13H,3-9H2,1-2H3,(H2,15,16,17). The van der Waals surface area contributed by atoms with Gasteiger partial charge in [-0.1, -0.05) is 0 Å². The Hall–Kier alpha value is -0.750. The molecule has 6 heteroatoms. The van der Waals surface area contributed by atoms with Gasteiger partial charge in [0.05, 0.1) is 17.2 Å². The smallest absolute Gasteiger partial charge is 0.191 e. The second kappa shape index (κ2) is 8.52. The fraction of sp³-hybridized carbons (Fsp3) is 0.714. The fourth-order valence-electron chi connectivity index (χ4n) is 2.16. The van der Waals surface area contributed by atoms with Gasteiger partial charge in [-0.25, -0.2) is 4.98 Å². The summed E-state index contributed by atoms with van der Waals surface area (Å²) in [4.78, 5) is 9.17. The first-order chi connectivity index (χ1) is 9.78. The minimum absolute atomic E-state index is 0.714. The fourth-order valence-corrected chi connectivity index (χ4v) is 3.98. The monoisotopic (exact) mass is 312 g/mol. The van der Waals surface area contributed by atoms with E-state index in [9.17, 15) is 0 Å². The van der Waals surface area contributed by atoms with Crippen molar-refractivity contribution >= 4 is 29.1 Å². The van der Waals surface area contributed by atoms with Gasteiger partial charge in [0.15, 0.2) is 5.96 Å². The lowest BCUT2D eigenvalue weighted by Crippen LogP contribution is -2.38. The summed E-state index contributed by atoms with van der Waals surface area (Å²) in [5, 5.41) is 10.7. The highest BCUT2D eigenvalue weighted by Gasteiger charge is 2.14. The lowest BCUT2D eigenvalue weighted by Gasteiger charge is -2.12. The molecule has 1 aromatic rings. The van der Waals surface area contributed by atoms with Crippen LogP contribution in [0.3, 0.4) is 0 Å². The zero-order chi connectivity index (χ0) is 14.2. The molecule has 1 fully saturated rings. The Labute approximate surface area is 129 Å². The summed E-state index contributed by atoms with van der Waals surface area (Å²) in [7, 11) is 0. The van der Waals surface area contributed by atoms with E-state index < -0.39 is 0 Å². The maximum atomic E-state index is 4.69. The van der Waals surface area contributed by atoms with Crippen LogP contribution >= 0.6 is 23.1 Å². The molecule has 4 nitrogen and oxygen atoms in total. The van der Waals surface area contributed by atoms with Crippen molar-refractivity contribution in [3.63, 3.8) is 0 Å². The third-order valence-electron chi connectivity index (χ3n) is 3.16. The van der Waals surface area contributed by atoms with Crippen molar-refractivity contribution in [1.82, 2.24) is 15.6 Å². The van der Waals surface area contributed by atoms with Crippen LogP contribution in [0.4, 0.5) is 0 Å². The molecular formula is C14H24N4S2. The van der Waals surface area contributed by atoms with Crippen molar-refractivity contribution in [1.29, 1.82) is 0 Å². The topological polar surface area (TPSA) is 49.3 Å². The zero-order valence-electron chi connectivity index (χ0n) is 12.3. The highest BCUT2D eigenvalue weighted by Crippen LogP contribution is 2.25. The number of thiazole rings is 1. The number of aryl methyl sites for hydroxylation is 1. The molecule has 2 rings (SSSR count). The SMILES string of the molecule is CCNC(=NCC1CCCS1)NCCc1csc(C)n1. The van der Waals surface area contributed by atoms with E-state index in [1.165, 1.54) is 24.3 Å². The molecule has 1 saturated heterocycles. The number of nitrogens with one attached hydrogen (secondary N) is 2. The molecule has 1 aliphatic rings. The van der Waals surface area contributed by atoms with Crippen LogP contribution in [-0.4, -0.2) is 41.6 Å². The molecule has 1 atom stereocenters. The van der Waals surface area contributed by atoms with Crippen molar-refractivity contribution in [3.8, 4) is 0 Å². The van der Waals surface area contributed by atoms with E-state index in [0.29, 0.717) is 5.25 Å². The third kappa shape index (κ3) is 5.32. The molecule has 2 N–H and O–H groups in total. The first-order valence-corrected chi connectivity index (χ1v) is 9.25. The normalized spacial score (nSPS) is 19.3. The molecule has 1 aliphatic heterocycles. The average Bonchev–Trinajstić information content (AvgIpc) is 3.08. The second-order valence-electron chi connectivity index (χ2n) is 4.89. The van der Waals surface area contributed by atoms with Crippen LogP contribution in [-0.2, 0) is 6.42 Å². The number of nitrogens with zero attached hydrogens (tertiary/aromatic N) is 2. The highest BCUT2D eigenvalue weighted by atomic mass is 32.2. The molecule has 1 aromatic heterocycles. The quantitative estimate of drug-likeness (QED) is 0.626. The first kappa shape index (κ1) is 15.6. The van der Waals surface area contributed by atoms with Gasteiger partial charge < -0.3 is 10.6 Å². The predicted molar refractivity (Wildman–Crippen MR) is 90.0 cm³/mol. The summed E-state index contributed by atoms with van der Waals surface area (Å²) in [6.45, 7) is 6.86. The van der Waals surface area contributed by atoms with Crippen LogP contribution in [0.25, 0.3) is 0 Å². The Bertz CT molecular complexity index is 425. The van der Waals surface area contributed by atoms with Crippen LogP contribution in [0.1, 0.15) is 30.5 Å². The van der Waals surface area contributed by atoms with Gasteiger partial charge in [-0.05, 0) is 32.4 Å². The molecular weight excluding hydrogens is 288 g/mol. The molecule has 0 amide bonds. The average molecular weight is 313 g/mol. The van der Waals surface area contributed by atoms with Crippen molar-refractivity contribution < 1.29 is 0 Å². The second-order valence-corrected chi connectivity index (χ2v) is 7.36. The minimum Gasteiger partial charge on any atom is -0.357 e. The van der Waals surface area contributed by atoms with Crippen molar-refractivity contribution in [2.45, 2.75) is 38.4 Å². The Morgan fingerprint density at radius 3 is 3.05 bits per heavy atom. The van der Waals surface area contributed by atoms with E-state index >= 15 is 0 Å². The Morgan fingerprint density at radius 1 is 1.50 bits per heavy atom. The summed E-state index contributed by atoms with van der Waals surface area (Å²) in [6.07, 6.45) is 3.61. The molecule has 1 unspecified atom stereocenters. The molecule has 0 radical (unpaired) electrons. The number of aromatic nitrogens is 1. The Balaban J connectivity index is 1.74. The van der Waals surface area contributed by atoms with Crippen LogP contribution in [0, 0.1) is 6.92 Å². The number of guanidine groups is 1. The van der Waals surface area contributed by atoms with Gasteiger partial charge in [0.25, 0.3) is 0 Å². The van der Waals surface area contributed by atoms with E-state index in [1.807, 2.05) is 6.92 Å². The van der Waals surface area contributed by atoms with E-state index in [-0.39, 0.29) is 0 Å². The first-order valence-electron chi connectivity index (χ1n) is 7.32. The largest absolute Gasteiger partial charge is 0.357 e. The summed E-state index contributed by atoms with van der Waals surface area (Å²) < 4.78 is 0. The molecule has 112 valence electrons. The van der Waals surface area contributed by atoms with Crippen LogP contribution in [0.15, 0.2) is 10.4 Å². The van der Waals surface area contributed by atoms with Gasteiger partial charge in [-0.2, -0.15) is 11.8 Å². The van der Waals surface area contributed by atoms with Gasteiger partial charge >= 0.3 is 0 Å². The van der Waals surface area contributed by atoms with E-state index in [4.69, 9.17) is 0 Å². The number of aliphatic imine (C=N–C) groups is 1. The number of hydrogen-bond acceptors (Lipinski definition) is 4. The van der Waals surface area contributed by atoms with E-state index in [0.717, 1.165) is 37.0 Å². The summed E-state index contributed by atoms with van der Waals surface area (Å²) >= 11 is 3.77. The number of hydrogen-bond donors (Lipinski definition) is 2. The molecule has 0 bridgehead atoms. The molecule has 0 saturated carbocycles. The van der Waals surface area contributed by atoms with Crippen molar-refractivity contribution in [2.24, 2.45) is 4.99 Å². The number of thioether (sulfide) groups is 1. The maximum Gasteiger partial charge on any atom is 0.191 e. The third-order valence-corrected chi connectivity index (χ3v) is 5.36. The lowest BCUT2D eigenvalue weighted by molar-refractivity contribution is 0.758. The van der Waals surface area contributed by atoms with Crippen LogP contribution < -0.4 is 10.6 Å². The van der Waals surface area contributed by atoms with E-state index in [1.54, 1.807) is 11.3 Å². The van der Waals surface area contributed by atoms with Gasteiger partial charge in [0, 0.05) is 30.1 Å². The van der Waals surface area contributed by atoms with Crippen LogP contribution in [0.2, 0.25) is 0 Å². The van der Waals surface area contributed by atoms with Crippen molar-refractivity contribution in [2.75, 3.05) is 25.4 Å². The highest BCUT2D eigenvalue weighted by molar-refractivity contribution is 8.00. The summed E-state index contributed by atoms with van der Waals surface area (Å²) in [6, 6.07) is 0. The van der Waals surface area contributed by atoms with Gasteiger partial charge in [0.1, 0.15) is 0 Å². The van der Waals surface area contributed by atoms with Gasteiger partial charge in [-0.15, -0.1) is 11.3 Å². The molecule has 0 aromatic carbocycles. The molecule has 20 heavy (non-hydrogen) atoms. The van der Waals surface area contributed by atoms with E-state index in [2.05, 4.69) is 44.7 Å². The minimum atomic E-state index is 0.714. The van der Waals surface area contributed by atoms with Gasteiger partial charge in [0.2, 0.25) is 0 Å². The number of rotatable bonds is 6. The lowest BCUT2D eigenvalue weighted by atomic mass is 10.2. The molecule has 0 spiro atoms.